The van der Waals surface area contributed by atoms with Crippen LogP contribution in [0.2, 0.25) is 0 Å². The van der Waals surface area contributed by atoms with Crippen molar-refractivity contribution < 1.29 is 0 Å². The second-order valence-electron chi connectivity index (χ2n) is 4.47. The van der Waals surface area contributed by atoms with E-state index in [1.54, 1.807) is 0 Å². The molecule has 1 unspecified atom stereocenters. The van der Waals surface area contributed by atoms with Gasteiger partial charge >= 0.3 is 0 Å². The highest BCUT2D eigenvalue weighted by Crippen LogP contribution is 2.25. The van der Waals surface area contributed by atoms with Gasteiger partial charge in [0.05, 0.1) is 6.04 Å². The first-order valence-electron chi connectivity index (χ1n) is 6.56. The third-order valence-corrected chi connectivity index (χ3v) is 2.99. The normalized spacial score (nSPS) is 12.5. The van der Waals surface area contributed by atoms with E-state index in [9.17, 15) is 0 Å². The summed E-state index contributed by atoms with van der Waals surface area (Å²) >= 11 is 0. The first-order valence-corrected chi connectivity index (χ1v) is 6.56. The summed E-state index contributed by atoms with van der Waals surface area (Å²) in [6.45, 7) is 5.53. The Morgan fingerprint density at radius 3 is 2.58 bits per heavy atom. The van der Waals surface area contributed by atoms with Crippen molar-refractivity contribution in [2.24, 2.45) is 15.9 Å². The molecule has 1 atom stereocenters. The topological polar surface area (TPSA) is 80.0 Å². The number of hydrogen-bond donors (Lipinski definition) is 2. The molecule has 0 radical (unpaired) electrons. The lowest BCUT2D eigenvalue weighted by molar-refractivity contribution is 0.198. The minimum Gasteiger partial charge on any atom is -0.399 e. The van der Waals surface area contributed by atoms with Crippen LogP contribution in [-0.4, -0.2) is 18.2 Å². The molecule has 5 heteroatoms. The molecule has 0 saturated carbocycles. The van der Waals surface area contributed by atoms with Crippen molar-refractivity contribution in [1.82, 2.24) is 5.12 Å². The van der Waals surface area contributed by atoms with Crippen molar-refractivity contribution in [2.45, 2.75) is 38.6 Å². The molecular formula is C14H23N5. The maximum atomic E-state index is 5.97. The minimum absolute atomic E-state index is 0.0325. The summed E-state index contributed by atoms with van der Waals surface area (Å²) in [5.74, 6) is 5.97. The molecule has 0 aliphatic heterocycles. The van der Waals surface area contributed by atoms with E-state index in [0.717, 1.165) is 24.1 Å². The molecule has 0 heterocycles. The Labute approximate surface area is 115 Å². The van der Waals surface area contributed by atoms with Crippen LogP contribution in [0.4, 0.5) is 5.69 Å². The zero-order chi connectivity index (χ0) is 14.1. The SMILES string of the molecule is C=N/C=N\N(N)C(CCCCC)c1ccc(N)cc1. The average molecular weight is 261 g/mol. The number of hydrazone groups is 1. The summed E-state index contributed by atoms with van der Waals surface area (Å²) < 4.78 is 0. The molecule has 0 aliphatic carbocycles. The number of rotatable bonds is 8. The van der Waals surface area contributed by atoms with Gasteiger partial charge in [0.25, 0.3) is 0 Å². The molecule has 4 N–H and O–H groups in total. The number of nitrogen functional groups attached to an aromatic ring is 1. The zero-order valence-corrected chi connectivity index (χ0v) is 11.5. The number of anilines is 1. The number of hydrazine groups is 1. The van der Waals surface area contributed by atoms with Gasteiger partial charge in [-0.2, -0.15) is 0 Å². The molecule has 0 fully saturated rings. The van der Waals surface area contributed by atoms with Crippen LogP contribution in [0.5, 0.6) is 0 Å². The summed E-state index contributed by atoms with van der Waals surface area (Å²) in [5, 5.41) is 5.49. The Bertz CT molecular complexity index is 399. The van der Waals surface area contributed by atoms with Gasteiger partial charge < -0.3 is 5.73 Å². The monoisotopic (exact) mass is 261 g/mol. The number of aliphatic imine (C=N–C) groups is 1. The van der Waals surface area contributed by atoms with Gasteiger partial charge in [-0.05, 0) is 30.8 Å². The smallest absolute Gasteiger partial charge is 0.136 e. The van der Waals surface area contributed by atoms with Crippen LogP contribution in [0.3, 0.4) is 0 Å². The quantitative estimate of drug-likeness (QED) is 0.188. The number of unbranched alkanes of at least 4 members (excludes halogenated alkanes) is 2. The van der Waals surface area contributed by atoms with Crippen LogP contribution >= 0.6 is 0 Å². The minimum atomic E-state index is 0.0325. The molecule has 19 heavy (non-hydrogen) atoms. The molecule has 1 aromatic carbocycles. The molecular weight excluding hydrogens is 238 g/mol. The van der Waals surface area contributed by atoms with Gasteiger partial charge in [-0.25, -0.2) is 11.0 Å². The maximum absolute atomic E-state index is 5.97. The van der Waals surface area contributed by atoms with Crippen molar-refractivity contribution >= 4 is 18.7 Å². The largest absolute Gasteiger partial charge is 0.399 e. The molecule has 0 saturated heterocycles. The van der Waals surface area contributed by atoms with E-state index in [0.29, 0.717) is 0 Å². The highest BCUT2D eigenvalue weighted by atomic mass is 15.6. The third kappa shape index (κ3) is 5.09. The fraction of sp³-hybridized carbons (Fsp3) is 0.429. The van der Waals surface area contributed by atoms with Gasteiger partial charge in [0.1, 0.15) is 6.34 Å². The summed E-state index contributed by atoms with van der Waals surface area (Å²) in [5.41, 5.74) is 7.56. The Balaban J connectivity index is 2.81. The van der Waals surface area contributed by atoms with Crippen LogP contribution in [0.15, 0.2) is 34.4 Å². The maximum Gasteiger partial charge on any atom is 0.136 e. The van der Waals surface area contributed by atoms with Gasteiger partial charge in [-0.1, -0.05) is 38.3 Å². The van der Waals surface area contributed by atoms with Crippen LogP contribution < -0.4 is 11.6 Å². The van der Waals surface area contributed by atoms with E-state index in [1.165, 1.54) is 24.3 Å². The number of nitrogens with zero attached hydrogens (tertiary/aromatic N) is 3. The molecule has 1 aromatic rings. The Morgan fingerprint density at radius 2 is 2.00 bits per heavy atom. The van der Waals surface area contributed by atoms with Crippen LogP contribution in [-0.2, 0) is 0 Å². The number of nitrogens with two attached hydrogens (primary N) is 2. The molecule has 1 rings (SSSR count). The van der Waals surface area contributed by atoms with Crippen molar-refractivity contribution in [2.75, 3.05) is 5.73 Å². The molecule has 104 valence electrons. The van der Waals surface area contributed by atoms with E-state index in [1.807, 2.05) is 24.3 Å². The summed E-state index contributed by atoms with van der Waals surface area (Å²) in [4.78, 5) is 3.58. The Kier molecular flexibility index (Phi) is 6.60. The summed E-state index contributed by atoms with van der Waals surface area (Å²) in [6.07, 6.45) is 5.77. The van der Waals surface area contributed by atoms with E-state index in [4.69, 9.17) is 11.6 Å². The van der Waals surface area contributed by atoms with Crippen LogP contribution in [0, 0.1) is 0 Å². The van der Waals surface area contributed by atoms with E-state index >= 15 is 0 Å². The molecule has 0 amide bonds. The fourth-order valence-corrected chi connectivity index (χ4v) is 1.93. The molecule has 0 aromatic heterocycles. The first-order chi connectivity index (χ1) is 9.19. The van der Waals surface area contributed by atoms with Gasteiger partial charge in [-0.3, -0.25) is 4.99 Å². The van der Waals surface area contributed by atoms with Crippen molar-refractivity contribution in [3.05, 3.63) is 29.8 Å². The molecule has 0 spiro atoms. The second-order valence-corrected chi connectivity index (χ2v) is 4.47. The third-order valence-electron chi connectivity index (χ3n) is 2.99. The summed E-state index contributed by atoms with van der Waals surface area (Å²) in [7, 11) is 0. The number of hydrogen-bond acceptors (Lipinski definition) is 4. The fourth-order valence-electron chi connectivity index (χ4n) is 1.93. The lowest BCUT2D eigenvalue weighted by atomic mass is 10.0. The molecule has 0 bridgehead atoms. The second kappa shape index (κ2) is 8.26. The standard InChI is InChI=1S/C14H23N5/c1-3-4-5-6-14(19(16)18-11-17-2)12-7-9-13(15)10-8-12/h7-11,14H,2-6,15-16H2,1H3/b18-11-. The van der Waals surface area contributed by atoms with Crippen molar-refractivity contribution in [1.29, 1.82) is 0 Å². The van der Waals surface area contributed by atoms with Crippen molar-refractivity contribution in [3.8, 4) is 0 Å². The molecule has 5 nitrogen and oxygen atoms in total. The highest BCUT2D eigenvalue weighted by molar-refractivity contribution is 5.61. The summed E-state index contributed by atoms with van der Waals surface area (Å²) in [6, 6.07) is 7.77. The van der Waals surface area contributed by atoms with Gasteiger partial charge in [0, 0.05) is 5.69 Å². The van der Waals surface area contributed by atoms with E-state index < -0.39 is 0 Å². The average Bonchev–Trinajstić information content (AvgIpc) is 2.42. The van der Waals surface area contributed by atoms with Crippen LogP contribution in [0.25, 0.3) is 0 Å². The van der Waals surface area contributed by atoms with E-state index in [2.05, 4.69) is 23.7 Å². The van der Waals surface area contributed by atoms with Gasteiger partial charge in [0.2, 0.25) is 0 Å². The zero-order valence-electron chi connectivity index (χ0n) is 11.5. The molecule has 0 aliphatic rings. The lowest BCUT2D eigenvalue weighted by Crippen LogP contribution is -2.30. The Morgan fingerprint density at radius 1 is 1.32 bits per heavy atom. The van der Waals surface area contributed by atoms with Crippen molar-refractivity contribution in [3.63, 3.8) is 0 Å². The lowest BCUT2D eigenvalue weighted by Gasteiger charge is -2.25. The highest BCUT2D eigenvalue weighted by Gasteiger charge is 2.16. The van der Waals surface area contributed by atoms with Crippen LogP contribution in [0.1, 0.15) is 44.2 Å². The van der Waals surface area contributed by atoms with Gasteiger partial charge in [-0.15, -0.1) is 5.10 Å². The van der Waals surface area contributed by atoms with Gasteiger partial charge in [0.15, 0.2) is 0 Å². The first kappa shape index (κ1) is 15.2. The predicted molar refractivity (Wildman–Crippen MR) is 81.8 cm³/mol. The number of benzene rings is 1. The Hall–Kier alpha value is -1.88. The predicted octanol–water partition coefficient (Wildman–Crippen LogP) is 2.71. The van der Waals surface area contributed by atoms with E-state index in [-0.39, 0.29) is 6.04 Å².